The van der Waals surface area contributed by atoms with E-state index in [0.29, 0.717) is 6.67 Å². The van der Waals surface area contributed by atoms with Gasteiger partial charge in [0.25, 0.3) is 0 Å². The van der Waals surface area contributed by atoms with Gasteiger partial charge in [-0.1, -0.05) is 6.07 Å². The Morgan fingerprint density at radius 2 is 2.20 bits per heavy atom. The van der Waals surface area contributed by atoms with Crippen LogP contribution in [-0.2, 0) is 13.2 Å². The molecule has 0 N–H and O–H groups in total. The third-order valence-electron chi connectivity index (χ3n) is 2.92. The molecule has 0 aliphatic rings. The lowest BCUT2D eigenvalue weighted by atomic mass is 10.4. The summed E-state index contributed by atoms with van der Waals surface area (Å²) in [5, 5.41) is 4.53. The molecule has 7 heteroatoms. The van der Waals surface area contributed by atoms with Gasteiger partial charge in [-0.05, 0) is 59.5 Å². The largest absolute Gasteiger partial charge is 0.282 e. The summed E-state index contributed by atoms with van der Waals surface area (Å²) in [7, 11) is 2.07. The van der Waals surface area contributed by atoms with Crippen molar-refractivity contribution in [2.45, 2.75) is 13.2 Å². The minimum atomic E-state index is 0.677. The van der Waals surface area contributed by atoms with Crippen LogP contribution in [0.25, 0.3) is 5.65 Å². The molecule has 0 unspecified atom stereocenters. The average molecular weight is 369 g/mol. The lowest BCUT2D eigenvalue weighted by Crippen LogP contribution is -2.22. The number of halogens is 1. The van der Waals surface area contributed by atoms with Crippen molar-refractivity contribution in [1.29, 1.82) is 0 Å². The molecule has 0 saturated carbocycles. The van der Waals surface area contributed by atoms with Crippen LogP contribution < -0.4 is 0 Å². The van der Waals surface area contributed by atoms with E-state index in [1.807, 2.05) is 33.5 Å². The Balaban J connectivity index is 1.79. The third kappa shape index (κ3) is 2.85. The van der Waals surface area contributed by atoms with Gasteiger partial charge in [0.1, 0.15) is 0 Å². The number of hydrogen-bond donors (Lipinski definition) is 0. The molecule has 0 amide bonds. The highest BCUT2D eigenvalue weighted by atomic mass is 79.9. The summed E-state index contributed by atoms with van der Waals surface area (Å²) < 4.78 is 5.66. The number of rotatable bonds is 4. The Hall–Kier alpha value is -1.02. The van der Waals surface area contributed by atoms with Crippen molar-refractivity contribution in [2.24, 2.45) is 0 Å². The molecule has 0 saturated heterocycles. The minimum Gasteiger partial charge on any atom is -0.282 e. The zero-order chi connectivity index (χ0) is 14.1. The van der Waals surface area contributed by atoms with Crippen molar-refractivity contribution in [2.75, 3.05) is 7.05 Å². The van der Waals surface area contributed by atoms with E-state index in [4.69, 9.17) is 12.2 Å². The second kappa shape index (κ2) is 5.77. The first-order valence-electron chi connectivity index (χ1n) is 6.10. The maximum Gasteiger partial charge on any atom is 0.203 e. The molecule has 0 fully saturated rings. The Morgan fingerprint density at radius 1 is 1.35 bits per heavy atom. The summed E-state index contributed by atoms with van der Waals surface area (Å²) in [5.41, 5.74) is 0.879. The molecule has 3 aromatic rings. The van der Waals surface area contributed by atoms with E-state index >= 15 is 0 Å². The molecule has 4 nitrogen and oxygen atoms in total. The molecule has 0 aromatic carbocycles. The summed E-state index contributed by atoms with van der Waals surface area (Å²) in [4.78, 5) is 3.51. The predicted molar refractivity (Wildman–Crippen MR) is 87.5 cm³/mol. The van der Waals surface area contributed by atoms with Crippen LogP contribution in [0, 0.1) is 4.77 Å². The Bertz CT molecular complexity index is 789. The van der Waals surface area contributed by atoms with E-state index in [0.717, 1.165) is 20.7 Å². The molecular weight excluding hydrogens is 356 g/mol. The van der Waals surface area contributed by atoms with Crippen LogP contribution in [0.3, 0.4) is 0 Å². The highest BCUT2D eigenvalue weighted by Gasteiger charge is 2.07. The van der Waals surface area contributed by atoms with Gasteiger partial charge < -0.3 is 0 Å². The lowest BCUT2D eigenvalue weighted by Gasteiger charge is -2.14. The van der Waals surface area contributed by atoms with Crippen LogP contribution in [0.15, 0.2) is 40.3 Å². The molecule has 0 atom stereocenters. The second-order valence-electron chi connectivity index (χ2n) is 4.57. The van der Waals surface area contributed by atoms with Gasteiger partial charge in [-0.2, -0.15) is 5.10 Å². The first-order valence-corrected chi connectivity index (χ1v) is 8.12. The molecule has 20 heavy (non-hydrogen) atoms. The molecule has 104 valence electrons. The molecule has 0 aliphatic carbocycles. The first kappa shape index (κ1) is 13.9. The molecular formula is C13H13BrN4S2. The van der Waals surface area contributed by atoms with Gasteiger partial charge in [-0.3, -0.25) is 9.30 Å². The smallest absolute Gasteiger partial charge is 0.203 e. The van der Waals surface area contributed by atoms with Crippen molar-refractivity contribution >= 4 is 45.1 Å². The number of nitrogens with zero attached hydrogens (tertiary/aromatic N) is 4. The van der Waals surface area contributed by atoms with Crippen LogP contribution in [0.2, 0.25) is 0 Å². The predicted octanol–water partition coefficient (Wildman–Crippen LogP) is 3.78. The Morgan fingerprint density at radius 3 is 2.90 bits per heavy atom. The fraction of sp³-hybridized carbons (Fsp3) is 0.231. The topological polar surface area (TPSA) is 25.5 Å². The number of hydrogen-bond acceptors (Lipinski definition) is 4. The summed E-state index contributed by atoms with van der Waals surface area (Å²) >= 11 is 10.7. The first-order chi connectivity index (χ1) is 9.63. The van der Waals surface area contributed by atoms with E-state index in [-0.39, 0.29) is 0 Å². The molecule has 3 aromatic heterocycles. The molecule has 0 spiro atoms. The van der Waals surface area contributed by atoms with Crippen molar-refractivity contribution in [1.82, 2.24) is 19.1 Å². The number of thiophene rings is 1. The van der Waals surface area contributed by atoms with Crippen LogP contribution in [0.1, 0.15) is 4.88 Å². The van der Waals surface area contributed by atoms with Crippen molar-refractivity contribution in [3.8, 4) is 0 Å². The lowest BCUT2D eigenvalue weighted by molar-refractivity contribution is 0.246. The van der Waals surface area contributed by atoms with Crippen LogP contribution >= 0.6 is 39.5 Å². The van der Waals surface area contributed by atoms with E-state index in [9.17, 15) is 0 Å². The van der Waals surface area contributed by atoms with Crippen molar-refractivity contribution in [3.05, 3.63) is 50.0 Å². The van der Waals surface area contributed by atoms with E-state index in [1.165, 1.54) is 4.88 Å². The third-order valence-corrected chi connectivity index (χ3v) is 4.93. The van der Waals surface area contributed by atoms with Gasteiger partial charge in [-0.15, -0.1) is 11.3 Å². The number of pyridine rings is 1. The van der Waals surface area contributed by atoms with Crippen LogP contribution in [-0.4, -0.2) is 26.1 Å². The highest BCUT2D eigenvalue weighted by molar-refractivity contribution is 9.11. The quantitative estimate of drug-likeness (QED) is 0.655. The van der Waals surface area contributed by atoms with E-state index in [2.05, 4.69) is 45.1 Å². The fourth-order valence-electron chi connectivity index (χ4n) is 2.04. The second-order valence-corrected chi connectivity index (χ2v) is 7.49. The Kier molecular flexibility index (Phi) is 4.02. The zero-order valence-corrected chi connectivity index (χ0v) is 14.1. The summed E-state index contributed by atoms with van der Waals surface area (Å²) in [6.45, 7) is 1.56. The van der Waals surface area contributed by atoms with Gasteiger partial charge in [0.05, 0.1) is 10.5 Å². The number of aromatic nitrogens is 3. The molecule has 0 aliphatic heterocycles. The van der Waals surface area contributed by atoms with Gasteiger partial charge in [0.15, 0.2) is 5.65 Å². The number of fused-ring (bicyclic) bond motifs is 1. The van der Waals surface area contributed by atoms with Crippen molar-refractivity contribution < 1.29 is 0 Å². The monoisotopic (exact) mass is 368 g/mol. The maximum atomic E-state index is 5.45. The van der Waals surface area contributed by atoms with Gasteiger partial charge in [0.2, 0.25) is 4.77 Å². The van der Waals surface area contributed by atoms with Gasteiger partial charge in [0, 0.05) is 17.6 Å². The van der Waals surface area contributed by atoms with E-state index < -0.39 is 0 Å². The fourth-order valence-corrected chi connectivity index (χ4v) is 3.86. The standard InChI is InChI=1S/C13H13BrN4S2/c1-16(8-10-5-6-11(14)20-10)9-18-13(19)17-7-3-2-4-12(17)15-18/h2-7H,8-9H2,1H3. The average Bonchev–Trinajstić information content (AvgIpc) is 2.95. The van der Waals surface area contributed by atoms with Gasteiger partial charge in [-0.25, -0.2) is 4.68 Å². The van der Waals surface area contributed by atoms with Crippen molar-refractivity contribution in [3.63, 3.8) is 0 Å². The molecule has 3 rings (SSSR count). The van der Waals surface area contributed by atoms with E-state index in [1.54, 1.807) is 11.3 Å². The summed E-state index contributed by atoms with van der Waals surface area (Å²) in [6.07, 6.45) is 1.94. The molecule has 3 heterocycles. The minimum absolute atomic E-state index is 0.677. The normalized spacial score (nSPS) is 11.6. The highest BCUT2D eigenvalue weighted by Crippen LogP contribution is 2.23. The van der Waals surface area contributed by atoms with Crippen LogP contribution in [0.5, 0.6) is 0 Å². The zero-order valence-electron chi connectivity index (χ0n) is 10.9. The molecule has 0 bridgehead atoms. The summed E-state index contributed by atoms with van der Waals surface area (Å²) in [6, 6.07) is 10.1. The maximum absolute atomic E-state index is 5.45. The summed E-state index contributed by atoms with van der Waals surface area (Å²) in [5.74, 6) is 0. The molecule has 0 radical (unpaired) electrons. The Labute approximate surface area is 134 Å². The van der Waals surface area contributed by atoms with Crippen LogP contribution in [0.4, 0.5) is 0 Å². The van der Waals surface area contributed by atoms with Gasteiger partial charge >= 0.3 is 0 Å². The SMILES string of the molecule is CN(Cc1ccc(Br)s1)Cn1nc2ccccn2c1=S.